The number of primary amides is 1. The van der Waals surface area contributed by atoms with Crippen molar-refractivity contribution in [1.29, 1.82) is 0 Å². The fourth-order valence-electron chi connectivity index (χ4n) is 3.53. The van der Waals surface area contributed by atoms with E-state index < -0.39 is 5.54 Å². The van der Waals surface area contributed by atoms with Crippen molar-refractivity contribution in [2.24, 2.45) is 11.7 Å². The van der Waals surface area contributed by atoms with Gasteiger partial charge in [0, 0.05) is 19.1 Å². The maximum Gasteiger partial charge on any atom is 0.242 e. The quantitative estimate of drug-likeness (QED) is 0.838. The zero-order valence-electron chi connectivity index (χ0n) is 13.3. The molecule has 1 saturated heterocycles. The van der Waals surface area contributed by atoms with Crippen LogP contribution in [-0.2, 0) is 10.3 Å². The van der Waals surface area contributed by atoms with Crippen LogP contribution < -0.4 is 11.1 Å². The second-order valence-electron chi connectivity index (χ2n) is 6.32. The van der Waals surface area contributed by atoms with Crippen molar-refractivity contribution in [3.8, 4) is 0 Å². The van der Waals surface area contributed by atoms with Gasteiger partial charge in [-0.15, -0.1) is 0 Å². The third-order valence-corrected chi connectivity index (χ3v) is 4.80. The van der Waals surface area contributed by atoms with Gasteiger partial charge in [0.1, 0.15) is 5.54 Å². The Morgan fingerprint density at radius 3 is 2.52 bits per heavy atom. The molecule has 0 bridgehead atoms. The van der Waals surface area contributed by atoms with Crippen molar-refractivity contribution in [2.75, 3.05) is 20.1 Å². The molecule has 1 aliphatic rings. The van der Waals surface area contributed by atoms with Crippen LogP contribution in [0.15, 0.2) is 30.3 Å². The summed E-state index contributed by atoms with van der Waals surface area (Å²) in [6, 6.07) is 10.4. The van der Waals surface area contributed by atoms with Crippen LogP contribution in [0, 0.1) is 5.92 Å². The molecular formula is C17H27N3O. The van der Waals surface area contributed by atoms with Crippen LogP contribution in [0.1, 0.15) is 32.3 Å². The van der Waals surface area contributed by atoms with Gasteiger partial charge in [0.05, 0.1) is 0 Å². The first-order valence-electron chi connectivity index (χ1n) is 7.78. The minimum Gasteiger partial charge on any atom is -0.368 e. The van der Waals surface area contributed by atoms with Gasteiger partial charge in [-0.05, 0) is 38.3 Å². The van der Waals surface area contributed by atoms with Gasteiger partial charge < -0.3 is 16.0 Å². The fourth-order valence-corrected chi connectivity index (χ4v) is 3.53. The number of nitrogens with one attached hydrogen (secondary N) is 1. The molecule has 1 aromatic carbocycles. The topological polar surface area (TPSA) is 58.4 Å². The molecule has 3 N–H and O–H groups in total. The number of rotatable bonds is 6. The van der Waals surface area contributed by atoms with Crippen LogP contribution in [0.3, 0.4) is 0 Å². The first-order chi connectivity index (χ1) is 9.99. The lowest BCUT2D eigenvalue weighted by Crippen LogP contribution is -2.53. The number of nitrogens with two attached hydrogens (primary N) is 1. The van der Waals surface area contributed by atoms with E-state index in [0.29, 0.717) is 12.5 Å². The maximum absolute atomic E-state index is 12.1. The highest BCUT2D eigenvalue weighted by atomic mass is 16.1. The van der Waals surface area contributed by atoms with E-state index in [1.807, 2.05) is 37.4 Å². The molecule has 116 valence electrons. The number of carbonyl (C=O) groups excluding carboxylic acids is 1. The SMILES string of the molecule is CNC(CCN1CC(C)CC1C)(C(N)=O)c1ccccc1. The summed E-state index contributed by atoms with van der Waals surface area (Å²) in [5.74, 6) is 0.422. The summed E-state index contributed by atoms with van der Waals surface area (Å²) in [6.45, 7) is 6.53. The molecule has 1 amide bonds. The first-order valence-corrected chi connectivity index (χ1v) is 7.78. The highest BCUT2D eigenvalue weighted by molar-refractivity contribution is 5.86. The van der Waals surface area contributed by atoms with Crippen LogP contribution in [-0.4, -0.2) is 37.0 Å². The molecular weight excluding hydrogens is 262 g/mol. The molecule has 3 unspecified atom stereocenters. The molecule has 0 spiro atoms. The first kappa shape index (κ1) is 16.0. The molecule has 4 nitrogen and oxygen atoms in total. The van der Waals surface area contributed by atoms with Crippen LogP contribution in [0.2, 0.25) is 0 Å². The number of nitrogens with zero attached hydrogens (tertiary/aromatic N) is 1. The van der Waals surface area contributed by atoms with Crippen LogP contribution in [0.5, 0.6) is 0 Å². The lowest BCUT2D eigenvalue weighted by Gasteiger charge is -2.33. The predicted molar refractivity (Wildman–Crippen MR) is 85.8 cm³/mol. The van der Waals surface area contributed by atoms with Gasteiger partial charge in [-0.2, -0.15) is 0 Å². The summed E-state index contributed by atoms with van der Waals surface area (Å²) < 4.78 is 0. The van der Waals surface area contributed by atoms with E-state index in [0.717, 1.165) is 24.6 Å². The van der Waals surface area contributed by atoms with Crippen molar-refractivity contribution >= 4 is 5.91 Å². The highest BCUT2D eigenvalue weighted by Crippen LogP contribution is 2.28. The van der Waals surface area contributed by atoms with E-state index >= 15 is 0 Å². The Morgan fingerprint density at radius 2 is 2.05 bits per heavy atom. The van der Waals surface area contributed by atoms with E-state index in [2.05, 4.69) is 24.1 Å². The summed E-state index contributed by atoms with van der Waals surface area (Å²) in [7, 11) is 1.81. The minimum atomic E-state index is -0.785. The van der Waals surface area contributed by atoms with Crippen LogP contribution in [0.25, 0.3) is 0 Å². The molecule has 0 aromatic heterocycles. The lowest BCUT2D eigenvalue weighted by atomic mass is 9.85. The number of hydrogen-bond donors (Lipinski definition) is 2. The van der Waals surface area contributed by atoms with Gasteiger partial charge in [-0.3, -0.25) is 4.79 Å². The number of likely N-dealkylation sites (N-methyl/N-ethyl adjacent to an activating group) is 1. The minimum absolute atomic E-state index is 0.309. The summed E-state index contributed by atoms with van der Waals surface area (Å²) in [5.41, 5.74) is 5.90. The highest BCUT2D eigenvalue weighted by Gasteiger charge is 2.38. The summed E-state index contributed by atoms with van der Waals surface area (Å²) in [5, 5.41) is 3.18. The summed E-state index contributed by atoms with van der Waals surface area (Å²) >= 11 is 0. The molecule has 1 aromatic rings. The van der Waals surface area contributed by atoms with Crippen LogP contribution in [0.4, 0.5) is 0 Å². The number of benzene rings is 1. The largest absolute Gasteiger partial charge is 0.368 e. The number of hydrogen-bond acceptors (Lipinski definition) is 3. The van der Waals surface area contributed by atoms with Gasteiger partial charge in [0.25, 0.3) is 0 Å². The molecule has 3 atom stereocenters. The fraction of sp³-hybridized carbons (Fsp3) is 0.588. The van der Waals surface area contributed by atoms with Crippen molar-refractivity contribution in [1.82, 2.24) is 10.2 Å². The molecule has 1 aliphatic heterocycles. The van der Waals surface area contributed by atoms with Gasteiger partial charge in [0.2, 0.25) is 5.91 Å². The van der Waals surface area contributed by atoms with Crippen molar-refractivity contribution in [3.63, 3.8) is 0 Å². The number of likely N-dealkylation sites (tertiary alicyclic amines) is 1. The van der Waals surface area contributed by atoms with E-state index in [1.54, 1.807) is 0 Å². The van der Waals surface area contributed by atoms with E-state index in [-0.39, 0.29) is 5.91 Å². The molecule has 1 heterocycles. The zero-order valence-corrected chi connectivity index (χ0v) is 13.3. The molecule has 2 rings (SSSR count). The number of amides is 1. The van der Waals surface area contributed by atoms with Crippen LogP contribution >= 0.6 is 0 Å². The average Bonchev–Trinajstić information content (AvgIpc) is 2.79. The molecule has 0 saturated carbocycles. The Labute approximate surface area is 127 Å². The zero-order chi connectivity index (χ0) is 15.5. The molecule has 0 aliphatic carbocycles. The third kappa shape index (κ3) is 3.27. The Kier molecular flexibility index (Phi) is 5.01. The Hall–Kier alpha value is -1.39. The maximum atomic E-state index is 12.1. The number of carbonyl (C=O) groups is 1. The van der Waals surface area contributed by atoms with Gasteiger partial charge in [0.15, 0.2) is 0 Å². The molecule has 1 fully saturated rings. The standard InChI is InChI=1S/C17H27N3O/c1-13-11-14(2)20(12-13)10-9-17(19-3,16(18)21)15-7-5-4-6-8-15/h4-8,13-14,19H,9-12H2,1-3H3,(H2,18,21). The second kappa shape index (κ2) is 6.58. The monoisotopic (exact) mass is 289 g/mol. The van der Waals surface area contributed by atoms with Gasteiger partial charge in [-0.1, -0.05) is 37.3 Å². The van der Waals surface area contributed by atoms with Gasteiger partial charge >= 0.3 is 0 Å². The summed E-state index contributed by atoms with van der Waals surface area (Å²) in [4.78, 5) is 14.6. The normalized spacial score (nSPS) is 25.7. The predicted octanol–water partition coefficient (Wildman–Crippen LogP) is 1.71. The van der Waals surface area contributed by atoms with Crippen molar-refractivity contribution in [3.05, 3.63) is 35.9 Å². The van der Waals surface area contributed by atoms with E-state index in [4.69, 9.17) is 5.73 Å². The lowest BCUT2D eigenvalue weighted by molar-refractivity contribution is -0.125. The van der Waals surface area contributed by atoms with Crippen molar-refractivity contribution in [2.45, 2.75) is 38.3 Å². The summed E-state index contributed by atoms with van der Waals surface area (Å²) in [6.07, 6.45) is 1.92. The molecule has 21 heavy (non-hydrogen) atoms. The molecule has 4 heteroatoms. The second-order valence-corrected chi connectivity index (χ2v) is 6.32. The Balaban J connectivity index is 2.16. The van der Waals surface area contributed by atoms with E-state index in [1.165, 1.54) is 6.42 Å². The Bertz CT molecular complexity index is 476. The third-order valence-electron chi connectivity index (χ3n) is 4.80. The smallest absolute Gasteiger partial charge is 0.242 e. The van der Waals surface area contributed by atoms with Crippen molar-refractivity contribution < 1.29 is 4.79 Å². The van der Waals surface area contributed by atoms with Gasteiger partial charge in [-0.25, -0.2) is 0 Å². The Morgan fingerprint density at radius 1 is 1.38 bits per heavy atom. The molecule has 0 radical (unpaired) electrons. The average molecular weight is 289 g/mol. The van der Waals surface area contributed by atoms with E-state index in [9.17, 15) is 4.79 Å².